The summed E-state index contributed by atoms with van der Waals surface area (Å²) in [5, 5.41) is 50.8. The average molecular weight is 612 g/mol. The third-order valence-corrected chi connectivity index (χ3v) is 8.86. The number of rotatable bonds is 5. The van der Waals surface area contributed by atoms with Crippen molar-refractivity contribution < 1.29 is 44.0 Å². The number of nitrogens with two attached hydrogens (primary N) is 1. The monoisotopic (exact) mass is 611 g/mol. The molecule has 44 heavy (non-hydrogen) atoms. The lowest BCUT2D eigenvalue weighted by Gasteiger charge is -2.51. The fourth-order valence-corrected chi connectivity index (χ4v) is 6.99. The third-order valence-electron chi connectivity index (χ3n) is 8.86. The molecule has 0 bridgehead atoms. The van der Waals surface area contributed by atoms with Gasteiger partial charge >= 0.3 is 6.03 Å². The minimum atomic E-state index is -2.68. The Morgan fingerprint density at radius 3 is 2.34 bits per heavy atom. The Bertz CT molecular complexity index is 1610. The van der Waals surface area contributed by atoms with Crippen LogP contribution in [0.2, 0.25) is 0 Å². The molecule has 0 spiro atoms. The van der Waals surface area contributed by atoms with Crippen LogP contribution in [0.5, 0.6) is 0 Å². The predicted octanol–water partition coefficient (Wildman–Crippen LogP) is 0.600. The minimum absolute atomic E-state index is 0.0375. The molecule has 0 saturated heterocycles. The van der Waals surface area contributed by atoms with Gasteiger partial charge in [-0.25, -0.2) is 9.18 Å². The van der Waals surface area contributed by atoms with Gasteiger partial charge in [0.15, 0.2) is 17.2 Å². The standard InChI is InChI=1S/C30H34FN5O8/c1-35(2)18-11-17(34-29(43)33-14-7-5-6-13(31)10-14)23(37)20-15(18)8-12-9-16-22(36(3)4)25(39)21(28(32)42)27(41)30(16,44)26(40)19(12)24(20)38/h5-7,10-12,16,20,22-23,37,40-41,44H,8-9H2,1-4H3,(H2,32,42)(H2,33,34,43)/t12-,16-,20?,22+,23?,30-/m0/s1. The fraction of sp³-hybridized carbons (Fsp3) is 0.400. The first kappa shape index (κ1) is 30.9. The van der Waals surface area contributed by atoms with Crippen molar-refractivity contribution in [2.75, 3.05) is 33.5 Å². The molecule has 234 valence electrons. The molecule has 0 heterocycles. The van der Waals surface area contributed by atoms with E-state index in [4.69, 9.17) is 5.73 Å². The number of halogens is 1. The second-order valence-electron chi connectivity index (χ2n) is 11.9. The second kappa shape index (κ2) is 10.9. The van der Waals surface area contributed by atoms with Gasteiger partial charge < -0.3 is 41.7 Å². The van der Waals surface area contributed by atoms with Crippen molar-refractivity contribution in [3.63, 3.8) is 0 Å². The van der Waals surface area contributed by atoms with Gasteiger partial charge in [-0.1, -0.05) is 6.07 Å². The van der Waals surface area contributed by atoms with Crippen LogP contribution < -0.4 is 16.4 Å². The Hall–Kier alpha value is -4.53. The summed E-state index contributed by atoms with van der Waals surface area (Å²) in [4.78, 5) is 55.5. The number of likely N-dealkylation sites (N-methyl/N-ethyl adjacent to an activating group) is 2. The highest BCUT2D eigenvalue weighted by molar-refractivity contribution is 6.22. The van der Waals surface area contributed by atoms with Crippen LogP contribution >= 0.6 is 0 Å². The quantitative estimate of drug-likeness (QED) is 0.231. The molecule has 1 saturated carbocycles. The number of Topliss-reactive ketones (excluding diaryl/α,β-unsaturated/α-hetero) is 2. The molecule has 3 amide bonds. The summed E-state index contributed by atoms with van der Waals surface area (Å²) in [6.45, 7) is 0. The number of nitrogens with zero attached hydrogens (tertiary/aromatic N) is 2. The highest BCUT2D eigenvalue weighted by atomic mass is 19.1. The summed E-state index contributed by atoms with van der Waals surface area (Å²) in [6.07, 6.45) is 0.0157. The van der Waals surface area contributed by atoms with Gasteiger partial charge in [0, 0.05) is 37.0 Å². The summed E-state index contributed by atoms with van der Waals surface area (Å²) < 4.78 is 13.6. The normalized spacial score (nSPS) is 30.0. The number of primary amides is 1. The topological polar surface area (TPSA) is 206 Å². The van der Waals surface area contributed by atoms with E-state index in [1.54, 1.807) is 19.0 Å². The molecule has 8 N–H and O–H groups in total. The van der Waals surface area contributed by atoms with Crippen LogP contribution in [-0.4, -0.2) is 99.7 Å². The molecule has 6 atom stereocenters. The Kier molecular flexibility index (Phi) is 7.64. The zero-order chi connectivity index (χ0) is 32.4. The number of allylic oxidation sites excluding steroid dienone is 2. The van der Waals surface area contributed by atoms with Crippen LogP contribution in [0.3, 0.4) is 0 Å². The maximum atomic E-state index is 14.2. The first-order valence-corrected chi connectivity index (χ1v) is 13.9. The molecule has 4 aliphatic rings. The van der Waals surface area contributed by atoms with Gasteiger partial charge in [0.25, 0.3) is 5.91 Å². The molecule has 13 nitrogen and oxygen atoms in total. The van der Waals surface area contributed by atoms with Crippen LogP contribution in [0.25, 0.3) is 0 Å². The first-order chi connectivity index (χ1) is 20.6. The number of hydrogen-bond acceptors (Lipinski definition) is 10. The van der Waals surface area contributed by atoms with Crippen molar-refractivity contribution in [3.05, 3.63) is 75.8 Å². The molecule has 2 unspecified atom stereocenters. The van der Waals surface area contributed by atoms with Crippen molar-refractivity contribution in [1.29, 1.82) is 0 Å². The number of ketones is 2. The van der Waals surface area contributed by atoms with Crippen molar-refractivity contribution in [3.8, 4) is 0 Å². The zero-order valence-corrected chi connectivity index (χ0v) is 24.5. The van der Waals surface area contributed by atoms with E-state index in [-0.39, 0.29) is 29.8 Å². The molecule has 1 fully saturated rings. The van der Waals surface area contributed by atoms with Gasteiger partial charge in [0.1, 0.15) is 29.0 Å². The van der Waals surface area contributed by atoms with E-state index in [9.17, 15) is 44.0 Å². The fourth-order valence-electron chi connectivity index (χ4n) is 6.99. The van der Waals surface area contributed by atoms with Crippen LogP contribution in [0, 0.1) is 23.6 Å². The highest BCUT2D eigenvalue weighted by Crippen LogP contribution is 2.55. The van der Waals surface area contributed by atoms with E-state index in [0.717, 1.165) is 6.07 Å². The Morgan fingerprint density at radius 2 is 1.75 bits per heavy atom. The summed E-state index contributed by atoms with van der Waals surface area (Å²) in [5.74, 6) is -8.69. The SMILES string of the molecule is CN(C)C1=C2C[C@H]3C[C@H]4[C@@H](N(C)C)C(=O)C(C(N)=O)=C(O)[C@@]4(O)C(O)=C3C(=O)C2C(O)C(NC(=O)Nc2cccc(F)c2)=C1. The lowest BCUT2D eigenvalue weighted by atomic mass is 9.57. The highest BCUT2D eigenvalue weighted by Gasteiger charge is 2.63. The molecule has 0 radical (unpaired) electrons. The van der Waals surface area contributed by atoms with Crippen LogP contribution in [0.1, 0.15) is 12.8 Å². The smallest absolute Gasteiger partial charge is 0.323 e. The Labute approximate surface area is 251 Å². The van der Waals surface area contributed by atoms with Crippen molar-refractivity contribution in [2.45, 2.75) is 30.6 Å². The molecule has 5 rings (SSSR count). The van der Waals surface area contributed by atoms with E-state index in [1.165, 1.54) is 43.3 Å². The first-order valence-electron chi connectivity index (χ1n) is 13.9. The molecule has 4 aliphatic carbocycles. The van der Waals surface area contributed by atoms with Gasteiger partial charge in [-0.05, 0) is 62.7 Å². The third kappa shape index (κ3) is 4.66. The lowest BCUT2D eigenvalue weighted by molar-refractivity contribution is -0.137. The van der Waals surface area contributed by atoms with E-state index in [0.29, 0.717) is 11.3 Å². The van der Waals surface area contributed by atoms with Gasteiger partial charge in [-0.3, -0.25) is 19.3 Å². The molecule has 14 heteroatoms. The molecular formula is C30H34FN5O8. The van der Waals surface area contributed by atoms with E-state index >= 15 is 0 Å². The Balaban J connectivity index is 1.58. The van der Waals surface area contributed by atoms with E-state index in [1.807, 2.05) is 0 Å². The second-order valence-corrected chi connectivity index (χ2v) is 11.9. The number of amides is 3. The number of nitrogens with one attached hydrogen (secondary N) is 2. The van der Waals surface area contributed by atoms with Crippen LogP contribution in [0.4, 0.5) is 14.9 Å². The summed E-state index contributed by atoms with van der Waals surface area (Å²) in [5.41, 5.74) is 2.69. The van der Waals surface area contributed by atoms with Gasteiger partial charge in [-0.2, -0.15) is 0 Å². The summed E-state index contributed by atoms with van der Waals surface area (Å²) in [6, 6.07) is 3.20. The number of carbonyl (C=O) groups is 4. The molecule has 0 aliphatic heterocycles. The van der Waals surface area contributed by atoms with Gasteiger partial charge in [0.05, 0.1) is 17.7 Å². The molecule has 1 aromatic rings. The number of urea groups is 1. The number of benzene rings is 1. The van der Waals surface area contributed by atoms with E-state index in [2.05, 4.69) is 10.6 Å². The Morgan fingerprint density at radius 1 is 1.07 bits per heavy atom. The van der Waals surface area contributed by atoms with Gasteiger partial charge in [0.2, 0.25) is 0 Å². The van der Waals surface area contributed by atoms with Crippen molar-refractivity contribution in [2.24, 2.45) is 23.5 Å². The van der Waals surface area contributed by atoms with Crippen molar-refractivity contribution in [1.82, 2.24) is 15.1 Å². The number of hydrogen-bond donors (Lipinski definition) is 7. The van der Waals surface area contributed by atoms with Crippen LogP contribution in [0.15, 0.2) is 70.0 Å². The number of anilines is 1. The lowest BCUT2D eigenvalue weighted by Crippen LogP contribution is -2.63. The average Bonchev–Trinajstić information content (AvgIpc) is 2.91. The number of aliphatic hydroxyl groups excluding tert-OH is 3. The number of fused-ring (bicyclic) bond motifs is 3. The molecule has 1 aromatic carbocycles. The predicted molar refractivity (Wildman–Crippen MR) is 154 cm³/mol. The van der Waals surface area contributed by atoms with Gasteiger partial charge in [-0.15, -0.1) is 0 Å². The zero-order valence-electron chi connectivity index (χ0n) is 24.5. The summed E-state index contributed by atoms with van der Waals surface area (Å²) >= 11 is 0. The van der Waals surface area contributed by atoms with Crippen molar-refractivity contribution >= 4 is 29.2 Å². The number of aliphatic hydroxyl groups is 4. The minimum Gasteiger partial charge on any atom is -0.508 e. The number of carbonyl (C=O) groups excluding carboxylic acids is 4. The largest absolute Gasteiger partial charge is 0.508 e. The van der Waals surface area contributed by atoms with Crippen LogP contribution in [-0.2, 0) is 14.4 Å². The maximum Gasteiger partial charge on any atom is 0.323 e. The van der Waals surface area contributed by atoms with E-state index < -0.39 is 81.9 Å². The molecule has 0 aromatic heterocycles. The summed E-state index contributed by atoms with van der Waals surface area (Å²) in [7, 11) is 6.49. The molecular weight excluding hydrogens is 577 g/mol. The maximum absolute atomic E-state index is 14.2.